The first-order valence-electron chi connectivity index (χ1n) is 7.32. The Balaban J connectivity index is 2.34. The van der Waals surface area contributed by atoms with Crippen LogP contribution in [0.5, 0.6) is 5.75 Å². The largest absolute Gasteiger partial charge is 0.497 e. The van der Waals surface area contributed by atoms with Gasteiger partial charge in [-0.2, -0.15) is 0 Å². The van der Waals surface area contributed by atoms with Crippen molar-refractivity contribution in [3.63, 3.8) is 0 Å². The van der Waals surface area contributed by atoms with Gasteiger partial charge in [-0.05, 0) is 36.5 Å². The number of rotatable bonds is 8. The third-order valence-electron chi connectivity index (χ3n) is 3.15. The van der Waals surface area contributed by atoms with Crippen molar-refractivity contribution < 1.29 is 4.74 Å². The fourth-order valence-electron chi connectivity index (χ4n) is 1.93. The minimum absolute atomic E-state index is 0.468. The molecule has 0 heterocycles. The molecule has 0 radical (unpaired) electrons. The van der Waals surface area contributed by atoms with Crippen LogP contribution in [0.3, 0.4) is 0 Å². The molecule has 112 valence electrons. The number of nitrogens with one attached hydrogen (secondary N) is 1. The van der Waals surface area contributed by atoms with E-state index in [1.54, 1.807) is 7.11 Å². The van der Waals surface area contributed by atoms with Crippen molar-refractivity contribution in [2.45, 2.75) is 33.1 Å². The van der Waals surface area contributed by atoms with Gasteiger partial charge in [0.15, 0.2) is 5.96 Å². The molecule has 0 fully saturated rings. The molecule has 0 aliphatic heterocycles. The number of methoxy groups -OCH3 is 1. The molecule has 0 aliphatic rings. The Morgan fingerprint density at radius 2 is 2.05 bits per heavy atom. The highest BCUT2D eigenvalue weighted by molar-refractivity contribution is 5.77. The smallest absolute Gasteiger partial charge is 0.188 e. The predicted molar refractivity (Wildman–Crippen MR) is 85.3 cm³/mol. The number of nitrogens with two attached hydrogens (primary N) is 1. The summed E-state index contributed by atoms with van der Waals surface area (Å²) in [7, 11) is 1.68. The summed E-state index contributed by atoms with van der Waals surface area (Å²) in [5, 5.41) is 3.13. The monoisotopic (exact) mass is 277 g/mol. The summed E-state index contributed by atoms with van der Waals surface area (Å²) in [4.78, 5) is 4.38. The number of guanidine groups is 1. The first-order valence-corrected chi connectivity index (χ1v) is 7.32. The van der Waals surface area contributed by atoms with E-state index < -0.39 is 0 Å². The summed E-state index contributed by atoms with van der Waals surface area (Å²) >= 11 is 0. The summed E-state index contributed by atoms with van der Waals surface area (Å²) in [5.41, 5.74) is 7.11. The molecule has 0 aromatic heterocycles. The van der Waals surface area contributed by atoms with E-state index in [1.165, 1.54) is 5.56 Å². The summed E-state index contributed by atoms with van der Waals surface area (Å²) in [6.07, 6.45) is 3.28. The first kappa shape index (κ1) is 16.3. The second-order valence-electron chi connectivity index (χ2n) is 5.16. The molecule has 1 unspecified atom stereocenters. The van der Waals surface area contributed by atoms with Gasteiger partial charge in [0.05, 0.1) is 7.11 Å². The Labute approximate surface area is 122 Å². The van der Waals surface area contributed by atoms with Crippen LogP contribution >= 0.6 is 0 Å². The van der Waals surface area contributed by atoms with Crippen LogP contribution in [0.4, 0.5) is 0 Å². The lowest BCUT2D eigenvalue weighted by atomic mass is 10.0. The number of aliphatic imine (C=N–C) groups is 1. The van der Waals surface area contributed by atoms with Gasteiger partial charge in [0, 0.05) is 13.1 Å². The van der Waals surface area contributed by atoms with E-state index in [0.717, 1.165) is 38.1 Å². The van der Waals surface area contributed by atoms with Gasteiger partial charge in [0.1, 0.15) is 5.75 Å². The van der Waals surface area contributed by atoms with Gasteiger partial charge < -0.3 is 15.8 Å². The molecule has 4 nitrogen and oxygen atoms in total. The Morgan fingerprint density at radius 1 is 1.35 bits per heavy atom. The summed E-state index contributed by atoms with van der Waals surface area (Å²) in [6.45, 7) is 5.99. The molecule has 1 atom stereocenters. The topological polar surface area (TPSA) is 59.6 Å². The molecule has 0 aliphatic carbocycles. The minimum atomic E-state index is 0.468. The molecule has 0 saturated heterocycles. The van der Waals surface area contributed by atoms with Gasteiger partial charge >= 0.3 is 0 Å². The Morgan fingerprint density at radius 3 is 2.65 bits per heavy atom. The molecule has 0 spiro atoms. The lowest BCUT2D eigenvalue weighted by molar-refractivity contribution is 0.414. The van der Waals surface area contributed by atoms with Gasteiger partial charge in [-0.25, -0.2) is 0 Å². The average molecular weight is 277 g/mol. The van der Waals surface area contributed by atoms with Crippen molar-refractivity contribution >= 4 is 5.96 Å². The Hall–Kier alpha value is -1.71. The van der Waals surface area contributed by atoms with Crippen molar-refractivity contribution in [1.29, 1.82) is 0 Å². The molecule has 4 heteroatoms. The van der Waals surface area contributed by atoms with Crippen molar-refractivity contribution in [2.75, 3.05) is 20.2 Å². The molecule has 0 saturated carbocycles. The van der Waals surface area contributed by atoms with Gasteiger partial charge in [0.2, 0.25) is 0 Å². The van der Waals surface area contributed by atoms with E-state index in [9.17, 15) is 0 Å². The normalized spacial score (nSPS) is 13.1. The molecular formula is C16H27N3O. The number of ether oxygens (including phenoxy) is 1. The summed E-state index contributed by atoms with van der Waals surface area (Å²) < 4.78 is 5.15. The van der Waals surface area contributed by atoms with Crippen LogP contribution in [0.1, 0.15) is 32.3 Å². The van der Waals surface area contributed by atoms with Crippen LogP contribution in [0.25, 0.3) is 0 Å². The quantitative estimate of drug-likeness (QED) is 0.436. The predicted octanol–water partition coefficient (Wildman–Crippen LogP) is 2.58. The molecule has 3 N–H and O–H groups in total. The van der Waals surface area contributed by atoms with E-state index >= 15 is 0 Å². The van der Waals surface area contributed by atoms with E-state index in [0.29, 0.717) is 11.9 Å². The van der Waals surface area contributed by atoms with Gasteiger partial charge in [-0.15, -0.1) is 0 Å². The number of hydrogen-bond acceptors (Lipinski definition) is 2. The fourth-order valence-corrected chi connectivity index (χ4v) is 1.93. The highest BCUT2D eigenvalue weighted by atomic mass is 16.5. The molecule has 20 heavy (non-hydrogen) atoms. The molecule has 1 aromatic carbocycles. The van der Waals surface area contributed by atoms with E-state index in [4.69, 9.17) is 10.5 Å². The SMILES string of the molecule is CCCCNC(N)=NCC(C)Cc1ccc(OC)cc1. The van der Waals surface area contributed by atoms with Crippen molar-refractivity contribution in [3.8, 4) is 5.75 Å². The molecule has 1 aromatic rings. The lowest BCUT2D eigenvalue weighted by Crippen LogP contribution is -2.32. The number of hydrogen-bond donors (Lipinski definition) is 2. The standard InChI is InChI=1S/C16H27N3O/c1-4-5-10-18-16(17)19-12-13(2)11-14-6-8-15(20-3)9-7-14/h6-9,13H,4-5,10-12H2,1-3H3,(H3,17,18,19). The van der Waals surface area contributed by atoms with Crippen LogP contribution in [-0.2, 0) is 6.42 Å². The lowest BCUT2D eigenvalue weighted by Gasteiger charge is -2.10. The number of nitrogens with zero attached hydrogens (tertiary/aromatic N) is 1. The van der Waals surface area contributed by atoms with Gasteiger partial charge in [-0.3, -0.25) is 4.99 Å². The number of benzene rings is 1. The van der Waals surface area contributed by atoms with Crippen LogP contribution in [0.2, 0.25) is 0 Å². The average Bonchev–Trinajstić information content (AvgIpc) is 2.46. The fraction of sp³-hybridized carbons (Fsp3) is 0.562. The van der Waals surface area contributed by atoms with Crippen molar-refractivity contribution in [3.05, 3.63) is 29.8 Å². The molecule has 0 amide bonds. The maximum Gasteiger partial charge on any atom is 0.188 e. The summed E-state index contributed by atoms with van der Waals surface area (Å²) in [6, 6.07) is 8.18. The second-order valence-corrected chi connectivity index (χ2v) is 5.16. The van der Waals surface area contributed by atoms with E-state index in [1.807, 2.05) is 12.1 Å². The highest BCUT2D eigenvalue weighted by Crippen LogP contribution is 2.14. The first-order chi connectivity index (χ1) is 9.65. The van der Waals surface area contributed by atoms with Crippen LogP contribution in [0, 0.1) is 5.92 Å². The van der Waals surface area contributed by atoms with E-state index in [2.05, 4.69) is 36.3 Å². The van der Waals surface area contributed by atoms with Gasteiger partial charge in [-0.1, -0.05) is 32.4 Å². The zero-order valence-corrected chi connectivity index (χ0v) is 12.9. The Bertz CT molecular complexity index is 401. The van der Waals surface area contributed by atoms with Crippen molar-refractivity contribution in [2.24, 2.45) is 16.6 Å². The van der Waals surface area contributed by atoms with Gasteiger partial charge in [0.25, 0.3) is 0 Å². The van der Waals surface area contributed by atoms with Crippen LogP contribution < -0.4 is 15.8 Å². The maximum atomic E-state index is 5.82. The third kappa shape index (κ3) is 6.45. The minimum Gasteiger partial charge on any atom is -0.497 e. The van der Waals surface area contributed by atoms with Crippen LogP contribution in [0.15, 0.2) is 29.3 Å². The molecule has 1 rings (SSSR count). The molecular weight excluding hydrogens is 250 g/mol. The maximum absolute atomic E-state index is 5.82. The zero-order valence-electron chi connectivity index (χ0n) is 12.9. The summed E-state index contributed by atoms with van der Waals surface area (Å²) in [5.74, 6) is 1.92. The molecule has 0 bridgehead atoms. The second kappa shape index (κ2) is 9.23. The van der Waals surface area contributed by atoms with Crippen LogP contribution in [-0.4, -0.2) is 26.2 Å². The Kier molecular flexibility index (Phi) is 7.55. The third-order valence-corrected chi connectivity index (χ3v) is 3.15. The zero-order chi connectivity index (χ0) is 14.8. The number of unbranched alkanes of at least 4 members (excludes halogenated alkanes) is 1. The van der Waals surface area contributed by atoms with Crippen molar-refractivity contribution in [1.82, 2.24) is 5.32 Å². The van der Waals surface area contributed by atoms with E-state index in [-0.39, 0.29) is 0 Å². The highest BCUT2D eigenvalue weighted by Gasteiger charge is 2.04.